The molecule has 2 rings (SSSR count). The highest BCUT2D eigenvalue weighted by atomic mass is 35.5. The first-order chi connectivity index (χ1) is 9.47. The topological polar surface area (TPSA) is 55.6 Å². The summed E-state index contributed by atoms with van der Waals surface area (Å²) in [6.45, 7) is 0.214. The summed E-state index contributed by atoms with van der Waals surface area (Å²) in [5.74, 6) is -0.397. The number of anilines is 2. The van der Waals surface area contributed by atoms with E-state index in [2.05, 4.69) is 0 Å². The third-order valence-electron chi connectivity index (χ3n) is 2.72. The maximum atomic E-state index is 11.9. The molecule has 0 atom stereocenters. The Labute approximate surface area is 126 Å². The van der Waals surface area contributed by atoms with Gasteiger partial charge in [-0.3, -0.25) is 0 Å². The molecule has 2 aromatic rings. The third-order valence-corrected chi connectivity index (χ3v) is 3.92. The van der Waals surface area contributed by atoms with Crippen LogP contribution in [-0.2, 0) is 11.3 Å². The first-order valence-corrected chi connectivity index (χ1v) is 7.15. The molecule has 0 saturated carbocycles. The molecule has 1 heterocycles. The van der Waals surface area contributed by atoms with Crippen molar-refractivity contribution in [3.8, 4) is 0 Å². The van der Waals surface area contributed by atoms with Crippen LogP contribution < -0.4 is 10.6 Å². The molecule has 106 valence electrons. The summed E-state index contributed by atoms with van der Waals surface area (Å²) in [6.07, 6.45) is 0. The molecule has 4 nitrogen and oxygen atoms in total. The van der Waals surface area contributed by atoms with Crippen LogP contribution in [0.3, 0.4) is 0 Å². The van der Waals surface area contributed by atoms with Gasteiger partial charge in [0.15, 0.2) is 0 Å². The molecule has 0 fully saturated rings. The number of hydrogen-bond acceptors (Lipinski definition) is 5. The van der Waals surface area contributed by atoms with Gasteiger partial charge < -0.3 is 15.4 Å². The van der Waals surface area contributed by atoms with E-state index in [-0.39, 0.29) is 6.61 Å². The van der Waals surface area contributed by atoms with Crippen LogP contribution >= 0.6 is 22.9 Å². The van der Waals surface area contributed by atoms with Crippen LogP contribution in [0.4, 0.5) is 11.4 Å². The molecule has 6 heteroatoms. The molecule has 0 spiro atoms. The quantitative estimate of drug-likeness (QED) is 0.694. The minimum Gasteiger partial charge on any atom is -0.456 e. The number of carbonyl (C=O) groups excluding carboxylic acids is 1. The first-order valence-electron chi connectivity index (χ1n) is 5.95. The van der Waals surface area contributed by atoms with Gasteiger partial charge in [-0.05, 0) is 30.3 Å². The number of thiophene rings is 1. The van der Waals surface area contributed by atoms with E-state index in [1.165, 1.54) is 11.3 Å². The van der Waals surface area contributed by atoms with Gasteiger partial charge in [0.1, 0.15) is 6.61 Å². The molecule has 0 aliphatic heterocycles. The van der Waals surface area contributed by atoms with Crippen molar-refractivity contribution in [2.45, 2.75) is 6.61 Å². The molecule has 20 heavy (non-hydrogen) atoms. The fourth-order valence-corrected chi connectivity index (χ4v) is 2.74. The van der Waals surface area contributed by atoms with E-state index in [0.29, 0.717) is 15.6 Å². The van der Waals surface area contributed by atoms with Crippen LogP contribution in [-0.4, -0.2) is 20.1 Å². The van der Waals surface area contributed by atoms with Gasteiger partial charge >= 0.3 is 5.97 Å². The zero-order valence-electron chi connectivity index (χ0n) is 11.2. The fourth-order valence-electron chi connectivity index (χ4n) is 1.74. The summed E-state index contributed by atoms with van der Waals surface area (Å²) in [5.41, 5.74) is 7.76. The number of esters is 1. The number of carbonyl (C=O) groups is 1. The van der Waals surface area contributed by atoms with Crippen LogP contribution in [0.1, 0.15) is 15.2 Å². The maximum Gasteiger partial charge on any atom is 0.338 e. The zero-order valence-corrected chi connectivity index (χ0v) is 12.8. The van der Waals surface area contributed by atoms with Crippen molar-refractivity contribution in [3.05, 3.63) is 45.1 Å². The largest absolute Gasteiger partial charge is 0.456 e. The van der Waals surface area contributed by atoms with E-state index >= 15 is 0 Å². The summed E-state index contributed by atoms with van der Waals surface area (Å²) >= 11 is 7.21. The van der Waals surface area contributed by atoms with Crippen molar-refractivity contribution < 1.29 is 9.53 Å². The molecular weight excluding hydrogens is 296 g/mol. The van der Waals surface area contributed by atoms with E-state index in [9.17, 15) is 4.79 Å². The molecule has 1 aromatic carbocycles. The Morgan fingerprint density at radius 3 is 2.65 bits per heavy atom. The van der Waals surface area contributed by atoms with E-state index in [1.807, 2.05) is 25.1 Å². The van der Waals surface area contributed by atoms with E-state index in [0.717, 1.165) is 10.6 Å². The zero-order chi connectivity index (χ0) is 14.7. The highest BCUT2D eigenvalue weighted by molar-refractivity contribution is 7.16. The van der Waals surface area contributed by atoms with Crippen molar-refractivity contribution in [2.24, 2.45) is 0 Å². The van der Waals surface area contributed by atoms with Gasteiger partial charge in [-0.1, -0.05) is 11.6 Å². The lowest BCUT2D eigenvalue weighted by atomic mass is 10.1. The molecule has 0 aliphatic carbocycles. The lowest BCUT2D eigenvalue weighted by Gasteiger charge is -2.15. The number of rotatable bonds is 4. The first kappa shape index (κ1) is 14.7. The van der Waals surface area contributed by atoms with Crippen LogP contribution in [0.5, 0.6) is 0 Å². The van der Waals surface area contributed by atoms with Gasteiger partial charge in [-0.2, -0.15) is 0 Å². The number of nitrogens with two attached hydrogens (primary N) is 1. The van der Waals surface area contributed by atoms with Gasteiger partial charge in [-0.15, -0.1) is 11.3 Å². The summed E-state index contributed by atoms with van der Waals surface area (Å²) in [5, 5.41) is 0. The van der Waals surface area contributed by atoms with Crippen LogP contribution in [0.25, 0.3) is 0 Å². The Kier molecular flexibility index (Phi) is 4.52. The summed E-state index contributed by atoms with van der Waals surface area (Å²) in [6, 6.07) is 8.74. The van der Waals surface area contributed by atoms with Gasteiger partial charge in [0.05, 0.1) is 21.3 Å². The van der Waals surface area contributed by atoms with Crippen molar-refractivity contribution in [2.75, 3.05) is 24.7 Å². The van der Waals surface area contributed by atoms with E-state index < -0.39 is 5.97 Å². The lowest BCUT2D eigenvalue weighted by molar-refractivity contribution is 0.0477. The maximum absolute atomic E-state index is 11.9. The Hall–Kier alpha value is -1.72. The minimum atomic E-state index is -0.397. The Morgan fingerprint density at radius 2 is 2.10 bits per heavy atom. The second-order valence-electron chi connectivity index (χ2n) is 4.45. The highest BCUT2D eigenvalue weighted by Crippen LogP contribution is 2.24. The number of benzene rings is 1. The molecule has 2 N–H and O–H groups in total. The summed E-state index contributed by atoms with van der Waals surface area (Å²) < 4.78 is 5.90. The third kappa shape index (κ3) is 3.43. The van der Waals surface area contributed by atoms with Gasteiger partial charge in [0, 0.05) is 19.0 Å². The summed E-state index contributed by atoms with van der Waals surface area (Å²) in [7, 11) is 3.79. The number of ether oxygens (including phenoxy) is 1. The van der Waals surface area contributed by atoms with Crippen molar-refractivity contribution in [1.29, 1.82) is 0 Å². The van der Waals surface area contributed by atoms with Gasteiger partial charge in [0.2, 0.25) is 0 Å². The lowest BCUT2D eigenvalue weighted by Crippen LogP contribution is -2.12. The molecule has 1 aromatic heterocycles. The molecule has 0 aliphatic rings. The highest BCUT2D eigenvalue weighted by Gasteiger charge is 2.11. The number of hydrogen-bond donors (Lipinski definition) is 1. The van der Waals surface area contributed by atoms with E-state index in [4.69, 9.17) is 22.1 Å². The van der Waals surface area contributed by atoms with Crippen molar-refractivity contribution in [3.63, 3.8) is 0 Å². The molecular formula is C14H15ClN2O2S. The van der Waals surface area contributed by atoms with Crippen molar-refractivity contribution in [1.82, 2.24) is 0 Å². The average molecular weight is 311 g/mol. The monoisotopic (exact) mass is 310 g/mol. The van der Waals surface area contributed by atoms with Crippen LogP contribution in [0.2, 0.25) is 4.34 Å². The predicted octanol–water partition coefficient (Wildman–Crippen LogP) is 3.41. The van der Waals surface area contributed by atoms with Gasteiger partial charge in [-0.25, -0.2) is 4.79 Å². The average Bonchev–Trinajstić information content (AvgIpc) is 2.81. The standard InChI is InChI=1S/C14H15ClN2O2S/c1-17(2)12-5-3-9(7-11(12)16)14(18)19-8-10-4-6-13(15)20-10/h3-7H,8,16H2,1-2H3. The molecule has 0 bridgehead atoms. The SMILES string of the molecule is CN(C)c1ccc(C(=O)OCc2ccc(Cl)s2)cc1N. The Bertz CT molecular complexity index is 625. The van der Waals surface area contributed by atoms with Crippen LogP contribution in [0.15, 0.2) is 30.3 Å². The van der Waals surface area contributed by atoms with Crippen molar-refractivity contribution >= 4 is 40.3 Å². The molecule has 0 radical (unpaired) electrons. The van der Waals surface area contributed by atoms with Gasteiger partial charge in [0.25, 0.3) is 0 Å². The fraction of sp³-hybridized carbons (Fsp3) is 0.214. The Morgan fingerprint density at radius 1 is 1.35 bits per heavy atom. The number of nitrogen functional groups attached to an aromatic ring is 1. The second kappa shape index (κ2) is 6.15. The number of halogens is 1. The molecule has 0 unspecified atom stereocenters. The minimum absolute atomic E-state index is 0.214. The summed E-state index contributed by atoms with van der Waals surface area (Å²) in [4.78, 5) is 14.7. The molecule has 0 amide bonds. The molecule has 0 saturated heterocycles. The second-order valence-corrected chi connectivity index (χ2v) is 6.25. The predicted molar refractivity (Wildman–Crippen MR) is 83.6 cm³/mol. The Balaban J connectivity index is 2.04. The normalized spacial score (nSPS) is 10.3. The van der Waals surface area contributed by atoms with Crippen LogP contribution in [0, 0.1) is 0 Å². The smallest absolute Gasteiger partial charge is 0.338 e. The van der Waals surface area contributed by atoms with E-state index in [1.54, 1.807) is 24.3 Å². The number of nitrogens with zero attached hydrogens (tertiary/aromatic N) is 1.